The van der Waals surface area contributed by atoms with Gasteiger partial charge in [0, 0.05) is 10.6 Å². The molecule has 0 radical (unpaired) electrons. The molecule has 1 aromatic carbocycles. The molecule has 1 unspecified atom stereocenters. The van der Waals surface area contributed by atoms with Crippen LogP contribution in [0.3, 0.4) is 0 Å². The van der Waals surface area contributed by atoms with Gasteiger partial charge in [0.1, 0.15) is 0 Å². The average Bonchev–Trinajstić information content (AvgIpc) is 2.19. The Morgan fingerprint density at radius 2 is 1.79 bits per heavy atom. The normalized spacial score (nSPS) is 12.7. The van der Waals surface area contributed by atoms with E-state index < -0.39 is 10.8 Å². The molecule has 0 fully saturated rings. The van der Waals surface area contributed by atoms with Crippen LogP contribution < -0.4 is 0 Å². The molecular weight excluding hydrogens is 192 g/mol. The van der Waals surface area contributed by atoms with Gasteiger partial charge in [0.25, 0.3) is 0 Å². The summed E-state index contributed by atoms with van der Waals surface area (Å²) in [6.45, 7) is 4.21. The Balaban J connectivity index is 2.48. The maximum Gasteiger partial charge on any atom is 0.0529 e. The second-order valence-electron chi connectivity index (χ2n) is 3.57. The summed E-state index contributed by atoms with van der Waals surface area (Å²) in [5.74, 6) is 0.802. The second-order valence-corrected chi connectivity index (χ2v) is 5.14. The fraction of sp³-hybridized carbons (Fsp3) is 0.500. The third kappa shape index (κ3) is 3.62. The fourth-order valence-corrected chi connectivity index (χ4v) is 2.43. The number of rotatable bonds is 5. The first-order valence-electron chi connectivity index (χ1n) is 5.19. The fourth-order valence-electron chi connectivity index (χ4n) is 1.29. The van der Waals surface area contributed by atoms with E-state index in [-0.39, 0.29) is 0 Å². The molecule has 0 amide bonds. The molecule has 0 aliphatic rings. The highest BCUT2D eigenvalue weighted by molar-refractivity contribution is 7.85. The minimum absolute atomic E-state index is 0.793. The van der Waals surface area contributed by atoms with Gasteiger partial charge in [-0.2, -0.15) is 0 Å². The molecule has 78 valence electrons. The molecule has 0 N–H and O–H groups in total. The predicted molar refractivity (Wildman–Crippen MR) is 62.0 cm³/mol. The van der Waals surface area contributed by atoms with Crippen molar-refractivity contribution in [1.82, 2.24) is 0 Å². The molecule has 0 heterocycles. The zero-order valence-electron chi connectivity index (χ0n) is 8.95. The molecule has 0 saturated heterocycles. The molecular formula is C12H18OS. The van der Waals surface area contributed by atoms with Crippen LogP contribution in [0.15, 0.2) is 29.2 Å². The highest BCUT2D eigenvalue weighted by Gasteiger charge is 2.01. The summed E-state index contributed by atoms with van der Waals surface area (Å²) in [5.41, 5.74) is 1.22. The van der Waals surface area contributed by atoms with Crippen molar-refractivity contribution in [2.45, 2.75) is 38.0 Å². The molecule has 14 heavy (non-hydrogen) atoms. The van der Waals surface area contributed by atoms with E-state index in [9.17, 15) is 4.21 Å². The van der Waals surface area contributed by atoms with E-state index in [0.29, 0.717) is 0 Å². The van der Waals surface area contributed by atoms with Crippen LogP contribution in [-0.4, -0.2) is 9.96 Å². The third-order valence-electron chi connectivity index (χ3n) is 2.22. The van der Waals surface area contributed by atoms with Crippen molar-refractivity contribution in [1.29, 1.82) is 0 Å². The molecule has 2 heteroatoms. The smallest absolute Gasteiger partial charge is 0.0529 e. The Labute approximate surface area is 89.0 Å². The van der Waals surface area contributed by atoms with Crippen molar-refractivity contribution in [3.05, 3.63) is 29.8 Å². The summed E-state index contributed by atoms with van der Waals surface area (Å²) in [6.07, 6.45) is 3.43. The van der Waals surface area contributed by atoms with Gasteiger partial charge in [-0.3, -0.25) is 4.21 Å². The third-order valence-corrected chi connectivity index (χ3v) is 3.67. The van der Waals surface area contributed by atoms with E-state index in [2.05, 4.69) is 6.92 Å². The van der Waals surface area contributed by atoms with Crippen LogP contribution in [0.1, 0.15) is 31.7 Å². The van der Waals surface area contributed by atoms with Crippen LogP contribution >= 0.6 is 0 Å². The standard InChI is InChI=1S/C12H18OS/c1-3-4-5-10-14(13)12-8-6-11(2)7-9-12/h6-9H,3-5,10H2,1-2H3. The number of aryl methyl sites for hydroxylation is 1. The molecule has 0 aliphatic heterocycles. The summed E-state index contributed by atoms with van der Waals surface area (Å²) in [4.78, 5) is 0.965. The topological polar surface area (TPSA) is 17.1 Å². The lowest BCUT2D eigenvalue weighted by atomic mass is 10.2. The largest absolute Gasteiger partial charge is 0.254 e. The summed E-state index contributed by atoms with van der Waals surface area (Å²) < 4.78 is 11.7. The van der Waals surface area contributed by atoms with Crippen LogP contribution in [0.5, 0.6) is 0 Å². The van der Waals surface area contributed by atoms with Crippen molar-refractivity contribution in [2.75, 3.05) is 5.75 Å². The maximum absolute atomic E-state index is 11.7. The van der Waals surface area contributed by atoms with Crippen LogP contribution in [0, 0.1) is 6.92 Å². The number of benzene rings is 1. The first-order chi connectivity index (χ1) is 6.74. The Bertz CT molecular complexity index is 290. The van der Waals surface area contributed by atoms with Gasteiger partial charge in [-0.15, -0.1) is 0 Å². The lowest BCUT2D eigenvalue weighted by Gasteiger charge is -2.01. The molecule has 0 bridgehead atoms. The van der Waals surface area contributed by atoms with E-state index in [1.54, 1.807) is 0 Å². The average molecular weight is 210 g/mol. The van der Waals surface area contributed by atoms with E-state index in [1.807, 2.05) is 31.2 Å². The molecule has 1 aromatic rings. The Kier molecular flexibility index (Phi) is 4.88. The number of unbranched alkanes of at least 4 members (excludes halogenated alkanes) is 2. The van der Waals surface area contributed by atoms with Gasteiger partial charge in [0.15, 0.2) is 0 Å². The van der Waals surface area contributed by atoms with Crippen molar-refractivity contribution in [2.24, 2.45) is 0 Å². The van der Waals surface area contributed by atoms with Gasteiger partial charge < -0.3 is 0 Å². The zero-order valence-corrected chi connectivity index (χ0v) is 9.77. The summed E-state index contributed by atoms with van der Waals surface area (Å²) in [5, 5.41) is 0. The van der Waals surface area contributed by atoms with Crippen LogP contribution in [0.25, 0.3) is 0 Å². The maximum atomic E-state index is 11.7. The quantitative estimate of drug-likeness (QED) is 0.682. The Morgan fingerprint density at radius 3 is 2.36 bits per heavy atom. The second kappa shape index (κ2) is 5.97. The minimum Gasteiger partial charge on any atom is -0.254 e. The molecule has 1 nitrogen and oxygen atoms in total. The van der Waals surface area contributed by atoms with Gasteiger partial charge in [-0.25, -0.2) is 0 Å². The van der Waals surface area contributed by atoms with Crippen molar-refractivity contribution in [3.8, 4) is 0 Å². The molecule has 0 spiro atoms. The lowest BCUT2D eigenvalue weighted by Crippen LogP contribution is -1.97. The predicted octanol–water partition coefficient (Wildman–Crippen LogP) is 3.29. The van der Waals surface area contributed by atoms with Crippen molar-refractivity contribution >= 4 is 10.8 Å². The molecule has 0 aromatic heterocycles. The van der Waals surface area contributed by atoms with Gasteiger partial charge in [-0.1, -0.05) is 37.5 Å². The number of hydrogen-bond acceptors (Lipinski definition) is 1. The molecule has 0 saturated carbocycles. The minimum atomic E-state index is -0.793. The van der Waals surface area contributed by atoms with E-state index >= 15 is 0 Å². The van der Waals surface area contributed by atoms with Gasteiger partial charge >= 0.3 is 0 Å². The van der Waals surface area contributed by atoms with Crippen LogP contribution in [0.2, 0.25) is 0 Å². The first-order valence-corrected chi connectivity index (χ1v) is 6.51. The van der Waals surface area contributed by atoms with Gasteiger partial charge in [-0.05, 0) is 25.5 Å². The number of hydrogen-bond donors (Lipinski definition) is 0. The Morgan fingerprint density at radius 1 is 1.14 bits per heavy atom. The summed E-state index contributed by atoms with van der Waals surface area (Å²) in [6, 6.07) is 7.98. The highest BCUT2D eigenvalue weighted by Crippen LogP contribution is 2.10. The van der Waals surface area contributed by atoms with E-state index in [4.69, 9.17) is 0 Å². The Hall–Kier alpha value is -0.630. The summed E-state index contributed by atoms with van der Waals surface area (Å²) >= 11 is 0. The lowest BCUT2D eigenvalue weighted by molar-refractivity contribution is 0.676. The first kappa shape index (κ1) is 11.4. The zero-order chi connectivity index (χ0) is 10.4. The molecule has 1 atom stereocenters. The van der Waals surface area contributed by atoms with Crippen LogP contribution in [-0.2, 0) is 10.8 Å². The van der Waals surface area contributed by atoms with Crippen LogP contribution in [0.4, 0.5) is 0 Å². The molecule has 0 aliphatic carbocycles. The van der Waals surface area contributed by atoms with Crippen molar-refractivity contribution < 1.29 is 4.21 Å². The van der Waals surface area contributed by atoms with Gasteiger partial charge in [0.2, 0.25) is 0 Å². The van der Waals surface area contributed by atoms with Crippen molar-refractivity contribution in [3.63, 3.8) is 0 Å². The van der Waals surface area contributed by atoms with E-state index in [1.165, 1.54) is 18.4 Å². The summed E-state index contributed by atoms with van der Waals surface area (Å²) in [7, 11) is -0.793. The molecule has 1 rings (SSSR count). The van der Waals surface area contributed by atoms with E-state index in [0.717, 1.165) is 17.1 Å². The van der Waals surface area contributed by atoms with Gasteiger partial charge in [0.05, 0.1) is 10.8 Å². The highest BCUT2D eigenvalue weighted by atomic mass is 32.2. The SMILES string of the molecule is CCCCCS(=O)c1ccc(C)cc1. The monoisotopic (exact) mass is 210 g/mol.